The molecule has 0 amide bonds. The monoisotopic (exact) mass is 343 g/mol. The third-order valence-electron chi connectivity index (χ3n) is 2.81. The molecule has 0 saturated carbocycles. The van der Waals surface area contributed by atoms with Crippen molar-refractivity contribution in [2.45, 2.75) is 17.6 Å². The fourth-order valence-corrected chi connectivity index (χ4v) is 3.93. The van der Waals surface area contributed by atoms with Gasteiger partial charge >= 0.3 is 0 Å². The lowest BCUT2D eigenvalue weighted by Crippen LogP contribution is -2.09. The lowest BCUT2D eigenvalue weighted by molar-refractivity contribution is 0.591. The topological polar surface area (TPSA) is 78.0 Å². The van der Waals surface area contributed by atoms with Crippen molar-refractivity contribution in [2.24, 2.45) is 7.05 Å². The molecule has 0 fully saturated rings. The average Bonchev–Trinajstić information content (AvgIpc) is 2.56. The highest BCUT2D eigenvalue weighted by Crippen LogP contribution is 2.25. The van der Waals surface area contributed by atoms with E-state index in [4.69, 9.17) is 5.73 Å². The summed E-state index contributed by atoms with van der Waals surface area (Å²) in [6, 6.07) is 6.30. The average molecular weight is 344 g/mol. The number of aryl methyl sites for hydroxylation is 2. The third kappa shape index (κ3) is 2.82. The van der Waals surface area contributed by atoms with E-state index < -0.39 is 9.84 Å². The minimum absolute atomic E-state index is 0.117. The van der Waals surface area contributed by atoms with Crippen LogP contribution in [-0.4, -0.2) is 18.2 Å². The second-order valence-corrected chi connectivity index (χ2v) is 7.08. The Morgan fingerprint density at radius 2 is 2.11 bits per heavy atom. The van der Waals surface area contributed by atoms with Crippen molar-refractivity contribution in [3.8, 4) is 0 Å². The Bertz CT molecular complexity index is 723. The first kappa shape index (κ1) is 14.1. The van der Waals surface area contributed by atoms with Crippen LogP contribution < -0.4 is 5.73 Å². The van der Waals surface area contributed by atoms with Crippen LogP contribution >= 0.6 is 15.9 Å². The zero-order chi connectivity index (χ0) is 14.2. The Balaban J connectivity index is 2.42. The Labute approximate surface area is 120 Å². The number of sulfone groups is 1. The van der Waals surface area contributed by atoms with Crippen molar-refractivity contribution in [2.75, 3.05) is 5.73 Å². The maximum absolute atomic E-state index is 12.4. The molecule has 1 heterocycles. The van der Waals surface area contributed by atoms with Gasteiger partial charge in [0, 0.05) is 12.7 Å². The second-order valence-electron chi connectivity index (χ2n) is 4.30. The van der Waals surface area contributed by atoms with Crippen LogP contribution in [0, 0.1) is 6.92 Å². The van der Waals surface area contributed by atoms with Crippen molar-refractivity contribution in [1.29, 1.82) is 0 Å². The van der Waals surface area contributed by atoms with Gasteiger partial charge in [-0.05, 0) is 41.1 Å². The van der Waals surface area contributed by atoms with Gasteiger partial charge in [0.1, 0.15) is 0 Å². The predicted molar refractivity (Wildman–Crippen MR) is 77.4 cm³/mol. The first-order chi connectivity index (χ1) is 8.81. The van der Waals surface area contributed by atoms with Crippen LogP contribution in [-0.2, 0) is 22.6 Å². The zero-order valence-corrected chi connectivity index (χ0v) is 13.0. The van der Waals surface area contributed by atoms with Crippen LogP contribution in [0.2, 0.25) is 0 Å². The molecule has 2 rings (SSSR count). The van der Waals surface area contributed by atoms with Gasteiger partial charge in [-0.1, -0.05) is 6.07 Å². The minimum Gasteiger partial charge on any atom is -0.399 e. The zero-order valence-electron chi connectivity index (χ0n) is 10.6. The van der Waals surface area contributed by atoms with E-state index >= 15 is 0 Å². The standard InChI is InChI=1S/C12H14BrN3O2S/c1-8-12(13)11(16(2)15-8)7-19(17,18)10-5-3-4-9(14)6-10/h3-6H,7,14H2,1-2H3. The smallest absolute Gasteiger partial charge is 0.184 e. The second kappa shape index (κ2) is 4.97. The first-order valence-corrected chi connectivity index (χ1v) is 8.02. The van der Waals surface area contributed by atoms with E-state index in [0.717, 1.165) is 10.2 Å². The molecule has 0 spiro atoms. The van der Waals surface area contributed by atoms with Gasteiger partial charge in [0.2, 0.25) is 0 Å². The van der Waals surface area contributed by atoms with Crippen molar-refractivity contribution >= 4 is 31.5 Å². The van der Waals surface area contributed by atoms with Gasteiger partial charge in [0.15, 0.2) is 9.84 Å². The normalized spacial score (nSPS) is 11.7. The number of rotatable bonds is 3. The van der Waals surface area contributed by atoms with Crippen molar-refractivity contribution in [3.05, 3.63) is 40.1 Å². The molecule has 0 radical (unpaired) electrons. The molecular weight excluding hydrogens is 330 g/mol. The van der Waals surface area contributed by atoms with Gasteiger partial charge in [0.25, 0.3) is 0 Å². The number of nitrogen functional groups attached to an aromatic ring is 1. The quantitative estimate of drug-likeness (QED) is 0.865. The highest BCUT2D eigenvalue weighted by molar-refractivity contribution is 9.10. The molecule has 7 heteroatoms. The van der Waals surface area contributed by atoms with Crippen molar-refractivity contribution in [3.63, 3.8) is 0 Å². The van der Waals surface area contributed by atoms with Crippen LogP contribution in [0.1, 0.15) is 11.4 Å². The molecule has 0 aliphatic heterocycles. The fraction of sp³-hybridized carbons (Fsp3) is 0.250. The summed E-state index contributed by atoms with van der Waals surface area (Å²) >= 11 is 3.37. The summed E-state index contributed by atoms with van der Waals surface area (Å²) in [5.74, 6) is -0.117. The summed E-state index contributed by atoms with van der Waals surface area (Å²) in [7, 11) is -1.71. The van der Waals surface area contributed by atoms with Crippen molar-refractivity contribution in [1.82, 2.24) is 9.78 Å². The minimum atomic E-state index is -3.44. The Kier molecular flexibility index (Phi) is 3.69. The maximum Gasteiger partial charge on any atom is 0.184 e. The number of hydrogen-bond donors (Lipinski definition) is 1. The van der Waals surface area contributed by atoms with E-state index in [1.807, 2.05) is 6.92 Å². The fourth-order valence-electron chi connectivity index (χ4n) is 1.81. The first-order valence-electron chi connectivity index (χ1n) is 5.57. The number of hydrogen-bond acceptors (Lipinski definition) is 4. The highest BCUT2D eigenvalue weighted by Gasteiger charge is 2.21. The molecular formula is C12H14BrN3O2S. The van der Waals surface area contributed by atoms with E-state index in [0.29, 0.717) is 11.4 Å². The van der Waals surface area contributed by atoms with Crippen molar-refractivity contribution < 1.29 is 8.42 Å². The molecule has 0 aliphatic carbocycles. The number of nitrogens with zero attached hydrogens (tertiary/aromatic N) is 2. The van der Waals surface area contributed by atoms with E-state index in [2.05, 4.69) is 21.0 Å². The molecule has 0 bridgehead atoms. The highest BCUT2D eigenvalue weighted by atomic mass is 79.9. The number of benzene rings is 1. The van der Waals surface area contributed by atoms with Crippen LogP contribution in [0.4, 0.5) is 5.69 Å². The summed E-state index contributed by atoms with van der Waals surface area (Å²) in [5, 5.41) is 4.19. The molecule has 0 saturated heterocycles. The molecule has 0 aliphatic rings. The number of aromatic nitrogens is 2. The van der Waals surface area contributed by atoms with Crippen LogP contribution in [0.5, 0.6) is 0 Å². The van der Waals surface area contributed by atoms with Gasteiger partial charge in [-0.25, -0.2) is 8.42 Å². The molecule has 19 heavy (non-hydrogen) atoms. The Morgan fingerprint density at radius 3 is 2.63 bits per heavy atom. The number of halogens is 1. The van der Waals surface area contributed by atoms with Gasteiger partial charge in [0.05, 0.1) is 26.5 Å². The molecule has 1 aromatic heterocycles. The molecule has 2 N–H and O–H groups in total. The van der Waals surface area contributed by atoms with E-state index in [1.165, 1.54) is 6.07 Å². The summed E-state index contributed by atoms with van der Waals surface area (Å²) in [6.07, 6.45) is 0. The van der Waals surface area contributed by atoms with Gasteiger partial charge < -0.3 is 5.73 Å². The molecule has 1 aromatic carbocycles. The summed E-state index contributed by atoms with van der Waals surface area (Å²) in [5.41, 5.74) is 7.44. The van der Waals surface area contributed by atoms with Gasteiger partial charge in [-0.15, -0.1) is 0 Å². The Hall–Kier alpha value is -1.34. The van der Waals surface area contributed by atoms with E-state index in [-0.39, 0.29) is 10.6 Å². The van der Waals surface area contributed by atoms with Crippen LogP contribution in [0.15, 0.2) is 33.6 Å². The molecule has 2 aromatic rings. The number of anilines is 1. The summed E-state index contributed by atoms with van der Waals surface area (Å²) in [4.78, 5) is 0.221. The van der Waals surface area contributed by atoms with E-state index in [1.54, 1.807) is 29.9 Å². The predicted octanol–water partition coefficient (Wildman–Crippen LogP) is 2.05. The van der Waals surface area contributed by atoms with E-state index in [9.17, 15) is 8.42 Å². The molecule has 102 valence electrons. The lowest BCUT2D eigenvalue weighted by atomic mass is 10.3. The van der Waals surface area contributed by atoms with Crippen LogP contribution in [0.25, 0.3) is 0 Å². The Morgan fingerprint density at radius 1 is 1.42 bits per heavy atom. The number of nitrogens with two attached hydrogens (primary N) is 1. The van der Waals surface area contributed by atoms with Crippen LogP contribution in [0.3, 0.4) is 0 Å². The van der Waals surface area contributed by atoms with Gasteiger partial charge in [-0.2, -0.15) is 5.10 Å². The molecule has 5 nitrogen and oxygen atoms in total. The molecule has 0 unspecified atom stereocenters. The third-order valence-corrected chi connectivity index (χ3v) is 5.46. The molecule has 0 atom stereocenters. The lowest BCUT2D eigenvalue weighted by Gasteiger charge is -2.06. The van der Waals surface area contributed by atoms with Gasteiger partial charge in [-0.3, -0.25) is 4.68 Å². The largest absolute Gasteiger partial charge is 0.399 e. The summed E-state index contributed by atoms with van der Waals surface area (Å²) < 4.78 is 27.0. The maximum atomic E-state index is 12.4. The SMILES string of the molecule is Cc1nn(C)c(CS(=O)(=O)c2cccc(N)c2)c1Br. The summed E-state index contributed by atoms with van der Waals surface area (Å²) in [6.45, 7) is 1.82.